The van der Waals surface area contributed by atoms with Crippen LogP contribution in [0.2, 0.25) is 0 Å². The summed E-state index contributed by atoms with van der Waals surface area (Å²) in [6.45, 7) is 12.5. The monoisotopic (exact) mass is 606 g/mol. The second kappa shape index (κ2) is 32.3. The first-order chi connectivity index (χ1) is 20.9. The molecule has 1 aromatic rings. The van der Waals surface area contributed by atoms with Gasteiger partial charge in [-0.15, -0.1) is 0 Å². The molecule has 12 nitrogen and oxygen atoms in total. The summed E-state index contributed by atoms with van der Waals surface area (Å²) < 4.78 is 60.1. The summed E-state index contributed by atoms with van der Waals surface area (Å²) in [5.41, 5.74) is 0. The Hall–Kier alpha value is -1.58. The van der Waals surface area contributed by atoms with E-state index in [-0.39, 0.29) is 6.61 Å². The predicted molar refractivity (Wildman–Crippen MR) is 157 cm³/mol. The number of unbranched alkanes of at least 4 members (excludes halogenated alkanes) is 1. The highest BCUT2D eigenvalue weighted by molar-refractivity contribution is 5.31. The lowest BCUT2D eigenvalue weighted by atomic mass is 10.3. The molecule has 1 aromatic carbocycles. The summed E-state index contributed by atoms with van der Waals surface area (Å²) >= 11 is 0. The minimum atomic E-state index is 0.0241. The van der Waals surface area contributed by atoms with E-state index in [0.29, 0.717) is 126 Å². The molecule has 0 heterocycles. The van der Waals surface area contributed by atoms with Crippen molar-refractivity contribution >= 4 is 0 Å². The third kappa shape index (κ3) is 27.3. The fourth-order valence-corrected chi connectivity index (χ4v) is 3.12. The van der Waals surface area contributed by atoms with E-state index in [0.717, 1.165) is 30.9 Å². The standard InChI is InChI=1S/C30H54O12/c1-2-3-9-32-11-13-34-15-17-36-19-20-38-22-24-40-26-28-42-30-6-4-29(5-7-30)41-27-25-39-23-21-37-18-16-35-14-12-33-10-8-31/h4-7,31H,2-3,8-28H2,1H3. The predicted octanol–water partition coefficient (Wildman–Crippen LogP) is 2.39. The van der Waals surface area contributed by atoms with E-state index in [4.69, 9.17) is 57.2 Å². The van der Waals surface area contributed by atoms with E-state index < -0.39 is 0 Å². The Bertz CT molecular complexity index is 650. The molecular weight excluding hydrogens is 552 g/mol. The largest absolute Gasteiger partial charge is 0.491 e. The summed E-state index contributed by atoms with van der Waals surface area (Å²) in [5.74, 6) is 1.50. The molecule has 0 saturated carbocycles. The molecule has 1 rings (SSSR count). The third-order valence-electron chi connectivity index (χ3n) is 5.30. The van der Waals surface area contributed by atoms with Gasteiger partial charge in [0, 0.05) is 6.61 Å². The molecule has 0 fully saturated rings. The van der Waals surface area contributed by atoms with Crippen molar-refractivity contribution in [1.82, 2.24) is 0 Å². The molecule has 0 bridgehead atoms. The molecule has 0 saturated heterocycles. The maximum Gasteiger partial charge on any atom is 0.119 e. The third-order valence-corrected chi connectivity index (χ3v) is 5.30. The number of aliphatic hydroxyl groups is 1. The summed E-state index contributed by atoms with van der Waals surface area (Å²) in [4.78, 5) is 0. The van der Waals surface area contributed by atoms with E-state index >= 15 is 0 Å². The topological polar surface area (TPSA) is 122 Å². The van der Waals surface area contributed by atoms with Gasteiger partial charge >= 0.3 is 0 Å². The van der Waals surface area contributed by atoms with E-state index in [1.54, 1.807) is 0 Å². The van der Waals surface area contributed by atoms with Crippen molar-refractivity contribution < 1.29 is 57.2 Å². The van der Waals surface area contributed by atoms with Gasteiger partial charge < -0.3 is 57.2 Å². The van der Waals surface area contributed by atoms with Gasteiger partial charge in [0.1, 0.15) is 24.7 Å². The van der Waals surface area contributed by atoms with Crippen molar-refractivity contribution in [3.63, 3.8) is 0 Å². The molecule has 0 spiro atoms. The normalized spacial score (nSPS) is 11.3. The average Bonchev–Trinajstić information content (AvgIpc) is 3.01. The molecule has 42 heavy (non-hydrogen) atoms. The molecule has 0 aliphatic rings. The van der Waals surface area contributed by atoms with Gasteiger partial charge in [-0.05, 0) is 30.7 Å². The van der Waals surface area contributed by atoms with Crippen molar-refractivity contribution in [2.75, 3.05) is 139 Å². The fourth-order valence-electron chi connectivity index (χ4n) is 3.12. The molecule has 0 unspecified atom stereocenters. The summed E-state index contributed by atoms with van der Waals surface area (Å²) in [6, 6.07) is 7.44. The van der Waals surface area contributed by atoms with Crippen molar-refractivity contribution in [3.05, 3.63) is 24.3 Å². The van der Waals surface area contributed by atoms with Crippen LogP contribution in [0.1, 0.15) is 19.8 Å². The highest BCUT2D eigenvalue weighted by Gasteiger charge is 1.99. The van der Waals surface area contributed by atoms with Gasteiger partial charge in [0.2, 0.25) is 0 Å². The van der Waals surface area contributed by atoms with Gasteiger partial charge in [-0.2, -0.15) is 0 Å². The zero-order valence-corrected chi connectivity index (χ0v) is 25.5. The highest BCUT2D eigenvalue weighted by atomic mass is 16.6. The lowest BCUT2D eigenvalue weighted by Gasteiger charge is -2.10. The van der Waals surface area contributed by atoms with Crippen molar-refractivity contribution in [2.24, 2.45) is 0 Å². The second-order valence-electron chi connectivity index (χ2n) is 8.76. The van der Waals surface area contributed by atoms with E-state index in [2.05, 4.69) is 6.92 Å². The Morgan fingerprint density at radius 2 is 0.643 bits per heavy atom. The van der Waals surface area contributed by atoms with Crippen LogP contribution in [0, 0.1) is 0 Å². The van der Waals surface area contributed by atoms with Crippen LogP contribution in [0.25, 0.3) is 0 Å². The zero-order chi connectivity index (χ0) is 30.0. The van der Waals surface area contributed by atoms with Crippen LogP contribution in [0.3, 0.4) is 0 Å². The average molecular weight is 607 g/mol. The number of benzene rings is 1. The van der Waals surface area contributed by atoms with Crippen molar-refractivity contribution in [3.8, 4) is 11.5 Å². The fraction of sp³-hybridized carbons (Fsp3) is 0.800. The number of rotatable bonds is 34. The van der Waals surface area contributed by atoms with Gasteiger partial charge in [-0.3, -0.25) is 0 Å². The molecular formula is C30H54O12. The Kier molecular flexibility index (Phi) is 29.6. The van der Waals surface area contributed by atoms with Crippen LogP contribution in [0.4, 0.5) is 0 Å². The van der Waals surface area contributed by atoms with Crippen LogP contribution >= 0.6 is 0 Å². The Balaban J connectivity index is 1.80. The van der Waals surface area contributed by atoms with E-state index in [9.17, 15) is 0 Å². The van der Waals surface area contributed by atoms with Crippen LogP contribution < -0.4 is 9.47 Å². The quantitative estimate of drug-likeness (QED) is 0.116. The summed E-state index contributed by atoms with van der Waals surface area (Å²) in [7, 11) is 0. The molecule has 0 amide bonds. The van der Waals surface area contributed by atoms with E-state index in [1.807, 2.05) is 24.3 Å². The van der Waals surface area contributed by atoms with Crippen molar-refractivity contribution in [2.45, 2.75) is 19.8 Å². The van der Waals surface area contributed by atoms with Crippen molar-refractivity contribution in [1.29, 1.82) is 0 Å². The Labute approximate surface area is 251 Å². The molecule has 0 aliphatic carbocycles. The molecule has 246 valence electrons. The Morgan fingerprint density at radius 3 is 0.929 bits per heavy atom. The summed E-state index contributed by atoms with van der Waals surface area (Å²) in [6.07, 6.45) is 2.24. The van der Waals surface area contributed by atoms with Crippen LogP contribution in [0.5, 0.6) is 11.5 Å². The second-order valence-corrected chi connectivity index (χ2v) is 8.76. The number of hydrogen-bond donors (Lipinski definition) is 1. The van der Waals surface area contributed by atoms with Crippen LogP contribution in [-0.4, -0.2) is 144 Å². The first kappa shape index (κ1) is 38.4. The minimum absolute atomic E-state index is 0.0241. The smallest absolute Gasteiger partial charge is 0.119 e. The van der Waals surface area contributed by atoms with Gasteiger partial charge in [-0.1, -0.05) is 13.3 Å². The molecule has 0 atom stereocenters. The van der Waals surface area contributed by atoms with Gasteiger partial charge in [0.25, 0.3) is 0 Å². The SMILES string of the molecule is CCCCOCCOCCOCCOCCOCCOc1ccc(OCCOCCOCCOCCOCCO)cc1. The highest BCUT2D eigenvalue weighted by Crippen LogP contribution is 2.17. The maximum absolute atomic E-state index is 8.59. The number of aliphatic hydroxyl groups excluding tert-OH is 1. The molecule has 1 N–H and O–H groups in total. The van der Waals surface area contributed by atoms with E-state index in [1.165, 1.54) is 0 Å². The first-order valence-electron chi connectivity index (χ1n) is 15.0. The van der Waals surface area contributed by atoms with Gasteiger partial charge in [-0.25, -0.2) is 0 Å². The van der Waals surface area contributed by atoms with Crippen LogP contribution in [-0.2, 0) is 42.6 Å². The van der Waals surface area contributed by atoms with Gasteiger partial charge in [0.15, 0.2) is 0 Å². The Morgan fingerprint density at radius 1 is 0.381 bits per heavy atom. The lowest BCUT2D eigenvalue weighted by molar-refractivity contribution is -0.0128. The van der Waals surface area contributed by atoms with Gasteiger partial charge in [0.05, 0.1) is 119 Å². The first-order valence-corrected chi connectivity index (χ1v) is 15.0. The number of ether oxygens (including phenoxy) is 11. The minimum Gasteiger partial charge on any atom is -0.491 e. The molecule has 0 radical (unpaired) electrons. The molecule has 0 aromatic heterocycles. The molecule has 12 heteroatoms. The zero-order valence-electron chi connectivity index (χ0n) is 25.5. The molecule has 0 aliphatic heterocycles. The number of hydrogen-bond acceptors (Lipinski definition) is 12. The maximum atomic E-state index is 8.59. The summed E-state index contributed by atoms with van der Waals surface area (Å²) in [5, 5.41) is 8.59. The van der Waals surface area contributed by atoms with Crippen LogP contribution in [0.15, 0.2) is 24.3 Å². The lowest BCUT2D eigenvalue weighted by Crippen LogP contribution is -2.14.